The van der Waals surface area contributed by atoms with Gasteiger partial charge in [0.15, 0.2) is 5.82 Å². The van der Waals surface area contributed by atoms with Gasteiger partial charge in [-0.05, 0) is 38.4 Å². The lowest BCUT2D eigenvalue weighted by Gasteiger charge is -2.30. The van der Waals surface area contributed by atoms with E-state index >= 15 is 0 Å². The van der Waals surface area contributed by atoms with E-state index in [0.717, 1.165) is 43.1 Å². The first kappa shape index (κ1) is 14.9. The molecule has 0 aromatic carbocycles. The number of piperidine rings is 1. The topological polar surface area (TPSA) is 96.6 Å². The van der Waals surface area contributed by atoms with E-state index in [0.29, 0.717) is 24.2 Å². The van der Waals surface area contributed by atoms with Crippen molar-refractivity contribution in [2.24, 2.45) is 0 Å². The lowest BCUT2D eigenvalue weighted by molar-refractivity contribution is 0.181. The zero-order valence-electron chi connectivity index (χ0n) is 13.5. The number of aryl methyl sites for hydroxylation is 1. The van der Waals surface area contributed by atoms with E-state index in [9.17, 15) is 0 Å². The van der Waals surface area contributed by atoms with Crippen molar-refractivity contribution < 1.29 is 4.42 Å². The second kappa shape index (κ2) is 6.48. The summed E-state index contributed by atoms with van der Waals surface area (Å²) in [7, 11) is 0. The van der Waals surface area contributed by atoms with Gasteiger partial charge in [-0.1, -0.05) is 0 Å². The molecular weight excluding hydrogens is 306 g/mol. The quantitative estimate of drug-likeness (QED) is 0.783. The van der Waals surface area contributed by atoms with Gasteiger partial charge in [0.25, 0.3) is 0 Å². The summed E-state index contributed by atoms with van der Waals surface area (Å²) in [6.45, 7) is 4.50. The minimum atomic E-state index is 0.351. The Hall–Kier alpha value is -2.61. The van der Waals surface area contributed by atoms with Gasteiger partial charge in [0, 0.05) is 24.9 Å². The van der Waals surface area contributed by atoms with Gasteiger partial charge in [-0.25, -0.2) is 4.98 Å². The number of H-pyrrole nitrogens is 1. The molecule has 3 aromatic rings. The normalized spacial score (nSPS) is 18.8. The van der Waals surface area contributed by atoms with Gasteiger partial charge >= 0.3 is 0 Å². The maximum atomic E-state index is 5.78. The summed E-state index contributed by atoms with van der Waals surface area (Å²) in [5.41, 5.74) is 0.837. The summed E-state index contributed by atoms with van der Waals surface area (Å²) in [6, 6.07) is 3.76. The van der Waals surface area contributed by atoms with Crippen LogP contribution in [0.3, 0.4) is 0 Å². The first-order valence-electron chi connectivity index (χ1n) is 8.12. The number of aromatic nitrogens is 6. The van der Waals surface area contributed by atoms with Gasteiger partial charge in [0.1, 0.15) is 5.82 Å². The molecule has 1 N–H and O–H groups in total. The second-order valence-corrected chi connectivity index (χ2v) is 6.10. The number of aromatic amines is 1. The molecule has 4 heterocycles. The molecule has 0 unspecified atom stereocenters. The molecule has 1 aliphatic rings. The SMILES string of the molecule is Cc1nc([C@H]2CCCN(Cc3nnc(-c4cccnc4)o3)C2)n[nH]1. The predicted octanol–water partition coefficient (Wildman–Crippen LogP) is 1.94. The summed E-state index contributed by atoms with van der Waals surface area (Å²) in [4.78, 5) is 10.9. The highest BCUT2D eigenvalue weighted by molar-refractivity contribution is 5.49. The maximum absolute atomic E-state index is 5.78. The van der Waals surface area contributed by atoms with Crippen LogP contribution in [0.4, 0.5) is 0 Å². The van der Waals surface area contributed by atoms with Gasteiger partial charge in [-0.2, -0.15) is 5.10 Å². The molecule has 8 heteroatoms. The number of hydrogen-bond donors (Lipinski definition) is 1. The smallest absolute Gasteiger partial charge is 0.249 e. The number of pyridine rings is 1. The molecule has 3 aromatic heterocycles. The summed E-state index contributed by atoms with van der Waals surface area (Å²) in [6.07, 6.45) is 5.67. The van der Waals surface area contributed by atoms with Crippen LogP contribution in [0.1, 0.15) is 36.3 Å². The summed E-state index contributed by atoms with van der Waals surface area (Å²) in [5.74, 6) is 3.25. The van der Waals surface area contributed by atoms with Crippen LogP contribution in [0, 0.1) is 6.92 Å². The third kappa shape index (κ3) is 3.18. The molecule has 1 fully saturated rings. The monoisotopic (exact) mass is 325 g/mol. The first-order chi connectivity index (χ1) is 11.8. The lowest BCUT2D eigenvalue weighted by Crippen LogP contribution is -2.34. The maximum Gasteiger partial charge on any atom is 0.249 e. The zero-order chi connectivity index (χ0) is 16.4. The predicted molar refractivity (Wildman–Crippen MR) is 85.9 cm³/mol. The van der Waals surface area contributed by atoms with Crippen molar-refractivity contribution in [3.05, 3.63) is 42.1 Å². The first-order valence-corrected chi connectivity index (χ1v) is 8.12. The average Bonchev–Trinajstić information content (AvgIpc) is 3.25. The standard InChI is InChI=1S/C16H19N7O/c1-11-18-15(21-19-11)13-5-3-7-23(9-13)10-14-20-22-16(24-14)12-4-2-6-17-8-12/h2,4,6,8,13H,3,5,7,9-10H2,1H3,(H,18,19,21)/t13-/m0/s1. The lowest BCUT2D eigenvalue weighted by atomic mass is 9.97. The van der Waals surface area contributed by atoms with Crippen molar-refractivity contribution in [3.63, 3.8) is 0 Å². The van der Waals surface area contributed by atoms with Crippen molar-refractivity contribution in [1.29, 1.82) is 0 Å². The summed E-state index contributed by atoms with van der Waals surface area (Å²) in [5, 5.41) is 15.5. The van der Waals surface area contributed by atoms with Gasteiger partial charge in [0.2, 0.25) is 11.8 Å². The average molecular weight is 325 g/mol. The molecule has 1 atom stereocenters. The van der Waals surface area contributed by atoms with Crippen molar-refractivity contribution in [3.8, 4) is 11.5 Å². The van der Waals surface area contributed by atoms with Crippen LogP contribution in [-0.4, -0.2) is 48.4 Å². The van der Waals surface area contributed by atoms with Crippen LogP contribution < -0.4 is 0 Å². The van der Waals surface area contributed by atoms with E-state index in [2.05, 4.69) is 35.3 Å². The van der Waals surface area contributed by atoms with Crippen LogP contribution in [0.25, 0.3) is 11.5 Å². The highest BCUT2D eigenvalue weighted by Crippen LogP contribution is 2.25. The Bertz CT molecular complexity index is 798. The fourth-order valence-corrected chi connectivity index (χ4v) is 3.07. The van der Waals surface area contributed by atoms with Crippen LogP contribution >= 0.6 is 0 Å². The molecule has 4 rings (SSSR count). The zero-order valence-corrected chi connectivity index (χ0v) is 13.5. The third-order valence-corrected chi connectivity index (χ3v) is 4.22. The third-order valence-electron chi connectivity index (χ3n) is 4.22. The van der Waals surface area contributed by atoms with E-state index in [4.69, 9.17) is 4.42 Å². The van der Waals surface area contributed by atoms with Crippen LogP contribution in [0.15, 0.2) is 28.9 Å². The fourth-order valence-electron chi connectivity index (χ4n) is 3.07. The number of rotatable bonds is 4. The number of hydrogen-bond acceptors (Lipinski definition) is 7. The molecule has 1 aliphatic heterocycles. The van der Waals surface area contributed by atoms with Crippen LogP contribution in [-0.2, 0) is 6.54 Å². The Balaban J connectivity index is 1.43. The Morgan fingerprint density at radius 1 is 1.38 bits per heavy atom. The van der Waals surface area contributed by atoms with E-state index < -0.39 is 0 Å². The molecule has 124 valence electrons. The largest absolute Gasteiger partial charge is 0.419 e. The van der Waals surface area contributed by atoms with Crippen LogP contribution in [0.2, 0.25) is 0 Å². The van der Waals surface area contributed by atoms with E-state index in [1.807, 2.05) is 19.1 Å². The number of nitrogens with one attached hydrogen (secondary N) is 1. The number of nitrogens with zero attached hydrogens (tertiary/aromatic N) is 6. The second-order valence-electron chi connectivity index (χ2n) is 6.10. The molecule has 24 heavy (non-hydrogen) atoms. The van der Waals surface area contributed by atoms with Crippen molar-refractivity contribution in [2.45, 2.75) is 32.2 Å². The van der Waals surface area contributed by atoms with E-state index in [1.165, 1.54) is 0 Å². The Labute approximate surface area is 139 Å². The highest BCUT2D eigenvalue weighted by Gasteiger charge is 2.25. The molecular formula is C16H19N7O. The molecule has 0 saturated carbocycles. The molecule has 0 spiro atoms. The summed E-state index contributed by atoms with van der Waals surface area (Å²) >= 11 is 0. The molecule has 8 nitrogen and oxygen atoms in total. The van der Waals surface area contributed by atoms with Crippen LogP contribution in [0.5, 0.6) is 0 Å². The van der Waals surface area contributed by atoms with Gasteiger partial charge in [0.05, 0.1) is 12.1 Å². The molecule has 0 radical (unpaired) electrons. The minimum absolute atomic E-state index is 0.351. The Morgan fingerprint density at radius 2 is 2.33 bits per heavy atom. The number of likely N-dealkylation sites (tertiary alicyclic amines) is 1. The Kier molecular flexibility index (Phi) is 4.04. The molecule has 0 bridgehead atoms. The molecule has 0 amide bonds. The van der Waals surface area contributed by atoms with E-state index in [-0.39, 0.29) is 0 Å². The Morgan fingerprint density at radius 3 is 3.12 bits per heavy atom. The van der Waals surface area contributed by atoms with Crippen molar-refractivity contribution >= 4 is 0 Å². The van der Waals surface area contributed by atoms with Gasteiger partial charge in [-0.15, -0.1) is 10.2 Å². The van der Waals surface area contributed by atoms with Crippen molar-refractivity contribution in [2.75, 3.05) is 13.1 Å². The van der Waals surface area contributed by atoms with Gasteiger partial charge in [-0.3, -0.25) is 15.0 Å². The van der Waals surface area contributed by atoms with Gasteiger partial charge < -0.3 is 4.42 Å². The highest BCUT2D eigenvalue weighted by atomic mass is 16.4. The van der Waals surface area contributed by atoms with E-state index in [1.54, 1.807) is 12.4 Å². The fraction of sp³-hybridized carbons (Fsp3) is 0.438. The molecule has 0 aliphatic carbocycles. The molecule has 1 saturated heterocycles. The minimum Gasteiger partial charge on any atom is -0.419 e. The summed E-state index contributed by atoms with van der Waals surface area (Å²) < 4.78 is 5.78. The van der Waals surface area contributed by atoms with Crippen molar-refractivity contribution in [1.82, 2.24) is 35.3 Å².